The molecule has 0 fully saturated rings. The number of methoxy groups -OCH3 is 3. The van der Waals surface area contributed by atoms with Crippen LogP contribution in [0, 0.1) is 13.8 Å². The Kier molecular flexibility index (Phi) is 10.8. The summed E-state index contributed by atoms with van der Waals surface area (Å²) in [6.07, 6.45) is 0. The van der Waals surface area contributed by atoms with E-state index in [1.165, 1.54) is 5.56 Å². The van der Waals surface area contributed by atoms with E-state index in [1.807, 2.05) is 29.8 Å². The van der Waals surface area contributed by atoms with Crippen molar-refractivity contribution in [3.05, 3.63) is 40.7 Å². The summed E-state index contributed by atoms with van der Waals surface area (Å²) in [7, 11) is 6.71. The van der Waals surface area contributed by atoms with Gasteiger partial charge in [0.05, 0.1) is 33.1 Å². The van der Waals surface area contributed by atoms with Crippen LogP contribution in [0.4, 0.5) is 0 Å². The lowest BCUT2D eigenvalue weighted by molar-refractivity contribution is 0.182. The zero-order valence-corrected chi connectivity index (χ0v) is 20.4. The molecule has 1 heterocycles. The number of guanidine groups is 1. The van der Waals surface area contributed by atoms with Gasteiger partial charge in [0.15, 0.2) is 17.5 Å². The average molecular weight is 517 g/mol. The number of halogens is 1. The van der Waals surface area contributed by atoms with Crippen LogP contribution in [0.2, 0.25) is 0 Å². The third-order valence-electron chi connectivity index (χ3n) is 4.60. The van der Waals surface area contributed by atoms with Gasteiger partial charge in [-0.15, -0.1) is 24.0 Å². The first-order valence-electron chi connectivity index (χ1n) is 9.21. The number of nitrogens with zero attached hydrogens (tertiary/aromatic N) is 3. The fourth-order valence-electron chi connectivity index (χ4n) is 2.95. The van der Waals surface area contributed by atoms with Crippen LogP contribution in [0.15, 0.2) is 23.2 Å². The zero-order valence-electron chi connectivity index (χ0n) is 18.0. The quantitative estimate of drug-likeness (QED) is 0.303. The number of hydrogen-bond donors (Lipinski definition) is 2. The van der Waals surface area contributed by atoms with E-state index in [9.17, 15) is 0 Å². The van der Waals surface area contributed by atoms with E-state index in [0.717, 1.165) is 29.5 Å². The van der Waals surface area contributed by atoms with Crippen molar-refractivity contribution in [2.75, 3.05) is 35.0 Å². The SMILES string of the molecule is CN=C(NCc1ccc(OC)c(OC)c1)NCc1c(C)nn(CCOC)c1C.I. The topological polar surface area (TPSA) is 81.9 Å². The van der Waals surface area contributed by atoms with E-state index in [1.54, 1.807) is 28.4 Å². The van der Waals surface area contributed by atoms with Crippen molar-refractivity contribution in [2.24, 2.45) is 4.99 Å². The van der Waals surface area contributed by atoms with Crippen LogP contribution >= 0.6 is 24.0 Å². The van der Waals surface area contributed by atoms with Crippen LogP contribution in [0.25, 0.3) is 0 Å². The van der Waals surface area contributed by atoms with E-state index in [2.05, 4.69) is 27.6 Å². The summed E-state index contributed by atoms with van der Waals surface area (Å²) < 4.78 is 17.8. The summed E-state index contributed by atoms with van der Waals surface area (Å²) in [5.41, 5.74) is 4.39. The summed E-state index contributed by atoms with van der Waals surface area (Å²) in [6.45, 7) is 6.75. The Morgan fingerprint density at radius 2 is 1.76 bits per heavy atom. The smallest absolute Gasteiger partial charge is 0.191 e. The van der Waals surface area contributed by atoms with Crippen molar-refractivity contribution in [1.82, 2.24) is 20.4 Å². The predicted molar refractivity (Wildman–Crippen MR) is 126 cm³/mol. The molecule has 0 bridgehead atoms. The molecule has 0 radical (unpaired) electrons. The van der Waals surface area contributed by atoms with Gasteiger partial charge in [-0.1, -0.05) is 6.07 Å². The van der Waals surface area contributed by atoms with Crippen molar-refractivity contribution < 1.29 is 14.2 Å². The molecule has 2 N–H and O–H groups in total. The average Bonchev–Trinajstić information content (AvgIpc) is 2.99. The molecule has 1 aromatic carbocycles. The summed E-state index contributed by atoms with van der Waals surface area (Å²) >= 11 is 0. The summed E-state index contributed by atoms with van der Waals surface area (Å²) in [5, 5.41) is 11.3. The number of aryl methyl sites for hydroxylation is 1. The first kappa shape index (κ1) is 25.0. The van der Waals surface area contributed by atoms with E-state index in [4.69, 9.17) is 14.2 Å². The largest absolute Gasteiger partial charge is 0.493 e. The van der Waals surface area contributed by atoms with Gasteiger partial charge in [0.2, 0.25) is 0 Å². The molecule has 0 aliphatic rings. The molecule has 2 aromatic rings. The number of hydrogen-bond acceptors (Lipinski definition) is 5. The molecule has 0 unspecified atom stereocenters. The molecule has 162 valence electrons. The van der Waals surface area contributed by atoms with Gasteiger partial charge >= 0.3 is 0 Å². The minimum absolute atomic E-state index is 0. The Morgan fingerprint density at radius 3 is 2.38 bits per heavy atom. The standard InChI is InChI=1S/C20H31N5O3.HI/c1-14-17(15(2)25(24-14)9-10-26-4)13-23-20(21-3)22-12-16-7-8-18(27-5)19(11-16)28-6;/h7-8,11H,9-10,12-13H2,1-6H3,(H2,21,22,23);1H. The monoisotopic (exact) mass is 517 g/mol. The van der Waals surface area contributed by atoms with Gasteiger partial charge in [-0.2, -0.15) is 5.10 Å². The minimum atomic E-state index is 0. The first-order valence-corrected chi connectivity index (χ1v) is 9.21. The highest BCUT2D eigenvalue weighted by Gasteiger charge is 2.12. The van der Waals surface area contributed by atoms with Gasteiger partial charge < -0.3 is 24.8 Å². The van der Waals surface area contributed by atoms with Crippen molar-refractivity contribution in [2.45, 2.75) is 33.5 Å². The van der Waals surface area contributed by atoms with E-state index >= 15 is 0 Å². The van der Waals surface area contributed by atoms with Crippen LogP contribution < -0.4 is 20.1 Å². The fraction of sp³-hybridized carbons (Fsp3) is 0.500. The molecule has 0 atom stereocenters. The molecule has 0 amide bonds. The summed E-state index contributed by atoms with van der Waals surface area (Å²) in [5.74, 6) is 2.14. The second kappa shape index (κ2) is 12.5. The Hall–Kier alpha value is -2.01. The lowest BCUT2D eigenvalue weighted by Crippen LogP contribution is -2.36. The van der Waals surface area contributed by atoms with Gasteiger partial charge in [0.25, 0.3) is 0 Å². The maximum absolute atomic E-state index is 5.36. The summed E-state index contributed by atoms with van der Waals surface area (Å²) in [6, 6.07) is 5.84. The number of benzene rings is 1. The highest BCUT2D eigenvalue weighted by atomic mass is 127. The fourth-order valence-corrected chi connectivity index (χ4v) is 2.95. The number of aromatic nitrogens is 2. The van der Waals surface area contributed by atoms with Gasteiger partial charge in [-0.05, 0) is 31.5 Å². The van der Waals surface area contributed by atoms with Crippen LogP contribution in [0.5, 0.6) is 11.5 Å². The maximum atomic E-state index is 5.36. The van der Waals surface area contributed by atoms with E-state index < -0.39 is 0 Å². The van der Waals surface area contributed by atoms with Gasteiger partial charge in [-0.25, -0.2) is 0 Å². The zero-order chi connectivity index (χ0) is 20.5. The molecular weight excluding hydrogens is 485 g/mol. The maximum Gasteiger partial charge on any atom is 0.191 e. The lowest BCUT2D eigenvalue weighted by atomic mass is 10.2. The van der Waals surface area contributed by atoms with Gasteiger partial charge in [0.1, 0.15) is 0 Å². The summed E-state index contributed by atoms with van der Waals surface area (Å²) in [4.78, 5) is 4.30. The molecule has 9 heteroatoms. The molecule has 8 nitrogen and oxygen atoms in total. The Balaban J connectivity index is 0.00000420. The number of nitrogens with one attached hydrogen (secondary N) is 2. The molecular formula is C20H32IN5O3. The van der Waals surface area contributed by atoms with Gasteiger partial charge in [0, 0.05) is 38.5 Å². The predicted octanol–water partition coefficient (Wildman–Crippen LogP) is 2.65. The second-order valence-corrected chi connectivity index (χ2v) is 6.33. The third-order valence-corrected chi connectivity index (χ3v) is 4.60. The third kappa shape index (κ3) is 6.77. The van der Waals surface area contributed by atoms with Crippen LogP contribution in [-0.2, 0) is 24.4 Å². The van der Waals surface area contributed by atoms with Crippen LogP contribution in [0.3, 0.4) is 0 Å². The first-order chi connectivity index (χ1) is 13.5. The normalized spacial score (nSPS) is 11.0. The highest BCUT2D eigenvalue weighted by Crippen LogP contribution is 2.27. The van der Waals surface area contributed by atoms with Crippen molar-refractivity contribution in [3.63, 3.8) is 0 Å². The molecule has 0 saturated carbocycles. The van der Waals surface area contributed by atoms with Crippen molar-refractivity contribution in [1.29, 1.82) is 0 Å². The second-order valence-electron chi connectivity index (χ2n) is 6.33. The van der Waals surface area contributed by atoms with E-state index in [0.29, 0.717) is 31.2 Å². The number of ether oxygens (including phenoxy) is 3. The van der Waals surface area contributed by atoms with Crippen molar-refractivity contribution >= 4 is 29.9 Å². The molecule has 1 aromatic heterocycles. The highest BCUT2D eigenvalue weighted by molar-refractivity contribution is 14.0. The molecule has 0 aliphatic heterocycles. The Bertz CT molecular complexity index is 808. The minimum Gasteiger partial charge on any atom is -0.493 e. The van der Waals surface area contributed by atoms with Crippen molar-refractivity contribution in [3.8, 4) is 11.5 Å². The Labute approximate surface area is 190 Å². The number of aliphatic imine (C=N–C) groups is 1. The molecule has 0 aliphatic carbocycles. The molecule has 2 rings (SSSR count). The molecule has 0 saturated heterocycles. The number of rotatable bonds is 9. The van der Waals surface area contributed by atoms with Crippen LogP contribution in [-0.4, -0.2) is 50.7 Å². The Morgan fingerprint density at radius 1 is 1.07 bits per heavy atom. The lowest BCUT2D eigenvalue weighted by Gasteiger charge is -2.14. The molecule has 0 spiro atoms. The van der Waals surface area contributed by atoms with E-state index in [-0.39, 0.29) is 24.0 Å². The van der Waals surface area contributed by atoms with Crippen LogP contribution in [0.1, 0.15) is 22.5 Å². The molecule has 29 heavy (non-hydrogen) atoms. The van der Waals surface area contributed by atoms with Gasteiger partial charge in [-0.3, -0.25) is 9.67 Å².